The molecule has 0 atom stereocenters. The summed E-state index contributed by atoms with van der Waals surface area (Å²) in [5.41, 5.74) is 1.09. The van der Waals surface area contributed by atoms with Crippen LogP contribution in [0.4, 0.5) is 5.69 Å². The summed E-state index contributed by atoms with van der Waals surface area (Å²) in [6, 6.07) is 16.3. The van der Waals surface area contributed by atoms with Gasteiger partial charge in [0.25, 0.3) is 11.5 Å². The molecule has 0 unspecified atom stereocenters. The van der Waals surface area contributed by atoms with Gasteiger partial charge in [-0.15, -0.1) is 0 Å². The fraction of sp³-hybridized carbons (Fsp3) is 0.150. The molecule has 0 fully saturated rings. The van der Waals surface area contributed by atoms with E-state index in [2.05, 4.69) is 4.98 Å². The van der Waals surface area contributed by atoms with Gasteiger partial charge in [-0.25, -0.2) is 9.36 Å². The predicted octanol–water partition coefficient (Wildman–Crippen LogP) is 2.12. The molecule has 2 heterocycles. The molecule has 0 saturated heterocycles. The van der Waals surface area contributed by atoms with E-state index < -0.39 is 17.2 Å². The maximum absolute atomic E-state index is 13.1. The summed E-state index contributed by atoms with van der Waals surface area (Å²) in [5.74, 6) is -0.400. The summed E-state index contributed by atoms with van der Waals surface area (Å²) in [4.78, 5) is 42.2. The van der Waals surface area contributed by atoms with Crippen LogP contribution in [0, 0.1) is 0 Å². The summed E-state index contributed by atoms with van der Waals surface area (Å²) in [5, 5.41) is 0. The number of anilines is 1. The van der Waals surface area contributed by atoms with Crippen LogP contribution in [0.5, 0.6) is 0 Å². The Bertz CT molecular complexity index is 1080. The fourth-order valence-corrected chi connectivity index (χ4v) is 3.33. The Labute approximate surface area is 149 Å². The van der Waals surface area contributed by atoms with E-state index in [4.69, 9.17) is 0 Å². The molecule has 6 nitrogen and oxygen atoms in total. The molecule has 6 heteroatoms. The van der Waals surface area contributed by atoms with Crippen molar-refractivity contribution in [2.24, 2.45) is 0 Å². The molecule has 130 valence electrons. The van der Waals surface area contributed by atoms with Crippen molar-refractivity contribution in [3.8, 4) is 5.69 Å². The van der Waals surface area contributed by atoms with E-state index in [-0.39, 0.29) is 5.56 Å². The molecule has 1 aliphatic heterocycles. The van der Waals surface area contributed by atoms with Crippen LogP contribution in [0.25, 0.3) is 5.69 Å². The highest BCUT2D eigenvalue weighted by Crippen LogP contribution is 2.27. The maximum atomic E-state index is 13.1. The van der Waals surface area contributed by atoms with Gasteiger partial charge in [-0.3, -0.25) is 9.59 Å². The van der Waals surface area contributed by atoms with Gasteiger partial charge in [0.15, 0.2) is 0 Å². The smallest absolute Gasteiger partial charge is 0.313 e. The Morgan fingerprint density at radius 1 is 0.962 bits per heavy atom. The topological polar surface area (TPSA) is 75.2 Å². The number of amides is 1. The van der Waals surface area contributed by atoms with Gasteiger partial charge in [0.2, 0.25) is 0 Å². The van der Waals surface area contributed by atoms with Crippen LogP contribution < -0.4 is 16.1 Å². The number of rotatable bonds is 2. The van der Waals surface area contributed by atoms with Gasteiger partial charge in [0.1, 0.15) is 5.56 Å². The monoisotopic (exact) mass is 347 g/mol. The van der Waals surface area contributed by atoms with Crippen molar-refractivity contribution in [2.45, 2.75) is 12.8 Å². The second-order valence-electron chi connectivity index (χ2n) is 6.17. The van der Waals surface area contributed by atoms with E-state index in [9.17, 15) is 14.4 Å². The van der Waals surface area contributed by atoms with Gasteiger partial charge in [0.05, 0.1) is 5.69 Å². The third-order valence-corrected chi connectivity index (χ3v) is 4.58. The molecule has 0 radical (unpaired) electrons. The normalized spacial score (nSPS) is 13.3. The molecule has 0 aliphatic carbocycles. The minimum absolute atomic E-state index is 0.0508. The average Bonchev–Trinajstić information content (AvgIpc) is 2.68. The number of carbonyl (C=O) groups excluding carboxylic acids is 1. The van der Waals surface area contributed by atoms with Gasteiger partial charge in [0, 0.05) is 18.4 Å². The van der Waals surface area contributed by atoms with Crippen LogP contribution in [-0.4, -0.2) is 22.0 Å². The third kappa shape index (κ3) is 2.65. The number of fused-ring (bicyclic) bond motifs is 1. The van der Waals surface area contributed by atoms with Crippen LogP contribution in [0.15, 0.2) is 70.4 Å². The molecule has 4 rings (SSSR count). The fourth-order valence-electron chi connectivity index (χ4n) is 3.33. The van der Waals surface area contributed by atoms with Crippen molar-refractivity contribution >= 4 is 11.6 Å². The number of carbonyl (C=O) groups is 1. The zero-order valence-corrected chi connectivity index (χ0v) is 14.0. The highest BCUT2D eigenvalue weighted by atomic mass is 16.2. The summed E-state index contributed by atoms with van der Waals surface area (Å²) in [6.45, 7) is 0.541. The quantitative estimate of drug-likeness (QED) is 0.771. The molecular weight excluding hydrogens is 330 g/mol. The van der Waals surface area contributed by atoms with Crippen LogP contribution in [0.3, 0.4) is 0 Å². The number of para-hydroxylation sites is 2. The Morgan fingerprint density at radius 2 is 1.69 bits per heavy atom. The Kier molecular flexibility index (Phi) is 4.01. The van der Waals surface area contributed by atoms with E-state index >= 15 is 0 Å². The number of H-pyrrole nitrogens is 1. The SMILES string of the molecule is O=C(c1c[nH]c(=O)n(-c2ccccc2)c1=O)N1CCCc2ccccc21. The lowest BCUT2D eigenvalue weighted by molar-refractivity contribution is 0.0983. The number of aromatic amines is 1. The van der Waals surface area contributed by atoms with Crippen molar-refractivity contribution in [2.75, 3.05) is 11.4 Å². The van der Waals surface area contributed by atoms with E-state index in [0.717, 1.165) is 28.7 Å². The van der Waals surface area contributed by atoms with E-state index in [1.807, 2.05) is 24.3 Å². The van der Waals surface area contributed by atoms with Crippen LogP contribution in [-0.2, 0) is 6.42 Å². The number of nitrogens with zero attached hydrogens (tertiary/aromatic N) is 2. The first-order valence-corrected chi connectivity index (χ1v) is 8.47. The largest absolute Gasteiger partial charge is 0.333 e. The first kappa shape index (κ1) is 16.1. The van der Waals surface area contributed by atoms with E-state index in [0.29, 0.717) is 12.2 Å². The van der Waals surface area contributed by atoms with Crippen LogP contribution >= 0.6 is 0 Å². The second kappa shape index (κ2) is 6.48. The maximum Gasteiger partial charge on any atom is 0.333 e. The Balaban J connectivity index is 1.82. The van der Waals surface area contributed by atoms with Crippen molar-refractivity contribution in [3.63, 3.8) is 0 Å². The number of aromatic nitrogens is 2. The standard InChI is InChI=1S/C20H17N3O3/c24-18(22-12-6-8-14-7-4-5-11-17(14)22)16-13-21-20(26)23(19(16)25)15-9-2-1-3-10-15/h1-5,7,9-11,13H,6,8,12H2,(H,21,26). The van der Waals surface area contributed by atoms with Gasteiger partial charge in [-0.1, -0.05) is 36.4 Å². The lowest BCUT2D eigenvalue weighted by atomic mass is 10.0. The summed E-state index contributed by atoms with van der Waals surface area (Å²) < 4.78 is 0.989. The van der Waals surface area contributed by atoms with E-state index in [1.165, 1.54) is 6.20 Å². The molecule has 3 aromatic rings. The van der Waals surface area contributed by atoms with Crippen molar-refractivity contribution in [3.05, 3.63) is 92.8 Å². The second-order valence-corrected chi connectivity index (χ2v) is 6.17. The lowest BCUT2D eigenvalue weighted by Gasteiger charge is -2.29. The first-order chi connectivity index (χ1) is 12.7. The van der Waals surface area contributed by atoms with Gasteiger partial charge < -0.3 is 9.88 Å². The van der Waals surface area contributed by atoms with Gasteiger partial charge in [-0.2, -0.15) is 0 Å². The molecule has 1 amide bonds. The van der Waals surface area contributed by atoms with E-state index in [1.54, 1.807) is 35.2 Å². The minimum atomic E-state index is -0.618. The molecule has 0 saturated carbocycles. The molecule has 1 aliphatic rings. The predicted molar refractivity (Wildman–Crippen MR) is 99.1 cm³/mol. The first-order valence-electron chi connectivity index (χ1n) is 8.47. The molecule has 1 N–H and O–H groups in total. The molecular formula is C20H17N3O3. The Morgan fingerprint density at radius 3 is 2.50 bits per heavy atom. The lowest BCUT2D eigenvalue weighted by Crippen LogP contribution is -2.42. The zero-order chi connectivity index (χ0) is 18.1. The number of aryl methyl sites for hydroxylation is 1. The molecule has 0 bridgehead atoms. The summed E-state index contributed by atoms with van der Waals surface area (Å²) >= 11 is 0. The summed E-state index contributed by atoms with van der Waals surface area (Å²) in [7, 11) is 0. The molecule has 2 aromatic carbocycles. The molecule has 1 aromatic heterocycles. The zero-order valence-electron chi connectivity index (χ0n) is 14.0. The third-order valence-electron chi connectivity index (χ3n) is 4.58. The number of nitrogens with one attached hydrogen (secondary N) is 1. The van der Waals surface area contributed by atoms with Crippen LogP contribution in [0.1, 0.15) is 22.3 Å². The Hall–Kier alpha value is -3.41. The minimum Gasteiger partial charge on any atom is -0.313 e. The highest BCUT2D eigenvalue weighted by Gasteiger charge is 2.26. The van der Waals surface area contributed by atoms with Crippen molar-refractivity contribution in [1.29, 1.82) is 0 Å². The van der Waals surface area contributed by atoms with Crippen molar-refractivity contribution in [1.82, 2.24) is 9.55 Å². The molecule has 0 spiro atoms. The van der Waals surface area contributed by atoms with Crippen molar-refractivity contribution < 1.29 is 4.79 Å². The number of hydrogen-bond donors (Lipinski definition) is 1. The van der Waals surface area contributed by atoms with Gasteiger partial charge in [-0.05, 0) is 36.6 Å². The molecule has 26 heavy (non-hydrogen) atoms. The van der Waals surface area contributed by atoms with Crippen LogP contribution in [0.2, 0.25) is 0 Å². The summed E-state index contributed by atoms with van der Waals surface area (Å²) in [6.07, 6.45) is 2.95. The number of benzene rings is 2. The highest BCUT2D eigenvalue weighted by molar-refractivity contribution is 6.06. The average molecular weight is 347 g/mol. The number of hydrogen-bond acceptors (Lipinski definition) is 3. The van der Waals surface area contributed by atoms with Gasteiger partial charge >= 0.3 is 5.69 Å².